The van der Waals surface area contributed by atoms with Gasteiger partial charge < -0.3 is 20.1 Å². The second-order valence-corrected chi connectivity index (χ2v) is 13.0. The fourth-order valence-corrected chi connectivity index (χ4v) is 5.87. The van der Waals surface area contributed by atoms with Crippen LogP contribution >= 0.6 is 46.4 Å². The highest BCUT2D eigenvalue weighted by Crippen LogP contribution is 2.31. The molecule has 4 aromatic heterocycles. The fourth-order valence-electron chi connectivity index (χ4n) is 5.12. The number of nitrogens with zero attached hydrogens (tertiary/aromatic N) is 10. The van der Waals surface area contributed by atoms with Crippen molar-refractivity contribution < 1.29 is 9.47 Å². The summed E-state index contributed by atoms with van der Waals surface area (Å²) in [6.45, 7) is 0.864. The molecule has 4 aromatic carbocycles. The summed E-state index contributed by atoms with van der Waals surface area (Å²) < 4.78 is 14.8. The summed E-state index contributed by atoms with van der Waals surface area (Å²) in [5, 5.41) is 31.5. The van der Waals surface area contributed by atoms with Gasteiger partial charge in [-0.1, -0.05) is 117 Å². The molecule has 8 aromatic rings. The van der Waals surface area contributed by atoms with Gasteiger partial charge in [-0.2, -0.15) is 9.36 Å². The summed E-state index contributed by atoms with van der Waals surface area (Å²) in [6, 6.07) is 36.9. The van der Waals surface area contributed by atoms with Crippen LogP contribution in [0.2, 0.25) is 20.1 Å². The average molecular weight is 827 g/mol. The van der Waals surface area contributed by atoms with Gasteiger partial charge in [-0.25, -0.2) is 9.97 Å². The van der Waals surface area contributed by atoms with Crippen molar-refractivity contribution in [1.82, 2.24) is 50.4 Å². The number of para-hydroxylation sites is 2. The number of benzene rings is 4. The van der Waals surface area contributed by atoms with Crippen LogP contribution in [0.15, 0.2) is 134 Å². The lowest BCUT2D eigenvalue weighted by atomic mass is 10.2. The summed E-state index contributed by atoms with van der Waals surface area (Å²) in [6.07, 6.45) is 3.36. The zero-order chi connectivity index (χ0) is 38.7. The Morgan fingerprint density at radius 2 is 0.911 bits per heavy atom. The second kappa shape index (κ2) is 18.3. The molecule has 280 valence electrons. The van der Waals surface area contributed by atoms with E-state index in [2.05, 4.69) is 51.7 Å². The molecule has 14 nitrogen and oxygen atoms in total. The quantitative estimate of drug-likeness (QED) is 0.121. The number of nitrogens with one attached hydrogen (secondary N) is 2. The van der Waals surface area contributed by atoms with Gasteiger partial charge in [0.05, 0.1) is 31.5 Å². The molecular formula is C38H28Cl4N12O2. The second-order valence-electron chi connectivity index (χ2n) is 11.4. The molecule has 56 heavy (non-hydrogen) atoms. The topological polar surface area (TPSA) is 156 Å². The first-order valence-electron chi connectivity index (χ1n) is 16.7. The highest BCUT2D eigenvalue weighted by molar-refractivity contribution is 6.43. The van der Waals surface area contributed by atoms with Crippen LogP contribution in [-0.2, 0) is 13.1 Å². The zero-order valence-electron chi connectivity index (χ0n) is 28.9. The average Bonchev–Trinajstić information content (AvgIpc) is 3.90. The third kappa shape index (κ3) is 9.30. The van der Waals surface area contributed by atoms with E-state index in [1.165, 1.54) is 9.36 Å². The predicted octanol–water partition coefficient (Wildman–Crippen LogP) is 9.54. The zero-order valence-corrected chi connectivity index (χ0v) is 31.9. The summed E-state index contributed by atoms with van der Waals surface area (Å²) in [4.78, 5) is 8.38. The van der Waals surface area contributed by atoms with E-state index in [0.717, 1.165) is 11.1 Å². The lowest BCUT2D eigenvalue weighted by Gasteiger charge is -2.12. The molecular weight excluding hydrogens is 798 g/mol. The monoisotopic (exact) mass is 824 g/mol. The van der Waals surface area contributed by atoms with Crippen LogP contribution in [0.5, 0.6) is 23.3 Å². The molecule has 0 bridgehead atoms. The number of halogens is 4. The summed E-state index contributed by atoms with van der Waals surface area (Å²) in [5.41, 5.74) is 3.00. The standard InChI is InChI=1S/2C19H14Cl2N6O/c2*20-14-7-5-8-15(18(14)21)27-19(24-25-26-27)23-12-13-6-1-2-9-16(13)28-17-10-3-4-11-22-17/h2*1-11H,12H2,(H,23,24,26). The summed E-state index contributed by atoms with van der Waals surface area (Å²) in [5.74, 6) is 3.27. The molecule has 2 N–H and O–H groups in total. The minimum absolute atomic E-state index is 0.374. The van der Waals surface area contributed by atoms with Crippen molar-refractivity contribution >= 4 is 58.3 Å². The van der Waals surface area contributed by atoms with Gasteiger partial charge in [-0.05, 0) is 69.4 Å². The van der Waals surface area contributed by atoms with E-state index in [1.54, 1.807) is 60.9 Å². The maximum absolute atomic E-state index is 6.29. The Kier molecular flexibility index (Phi) is 12.4. The Morgan fingerprint density at radius 1 is 0.482 bits per heavy atom. The van der Waals surface area contributed by atoms with Gasteiger partial charge in [0.15, 0.2) is 0 Å². The smallest absolute Gasteiger partial charge is 0.248 e. The van der Waals surface area contributed by atoms with Crippen LogP contribution in [-0.4, -0.2) is 50.4 Å². The van der Waals surface area contributed by atoms with E-state index < -0.39 is 0 Å². The Morgan fingerprint density at radius 3 is 1.34 bits per heavy atom. The van der Waals surface area contributed by atoms with Crippen LogP contribution < -0.4 is 20.1 Å². The predicted molar refractivity (Wildman–Crippen MR) is 215 cm³/mol. The van der Waals surface area contributed by atoms with Crippen molar-refractivity contribution in [3.8, 4) is 34.6 Å². The summed E-state index contributed by atoms with van der Waals surface area (Å²) >= 11 is 24.8. The van der Waals surface area contributed by atoms with Gasteiger partial charge in [-0.3, -0.25) is 0 Å². The molecule has 0 fully saturated rings. The van der Waals surface area contributed by atoms with Crippen LogP contribution in [0.25, 0.3) is 11.4 Å². The maximum Gasteiger partial charge on any atom is 0.248 e. The Bertz CT molecular complexity index is 2350. The van der Waals surface area contributed by atoms with Crippen molar-refractivity contribution in [3.05, 3.63) is 165 Å². The van der Waals surface area contributed by atoms with Crippen LogP contribution in [0, 0.1) is 0 Å². The molecule has 4 heterocycles. The molecule has 0 saturated heterocycles. The lowest BCUT2D eigenvalue weighted by molar-refractivity contribution is 0.457. The molecule has 0 aliphatic rings. The SMILES string of the molecule is Clc1cccc(-n2nnnc2NCc2ccccc2Oc2ccccn2)c1Cl.Clc1cccc(-n2nnnc2NCc2ccccc2Oc2ccccn2)c1Cl. The Balaban J connectivity index is 0.000000172. The molecule has 0 aliphatic heterocycles. The van der Waals surface area contributed by atoms with E-state index in [9.17, 15) is 0 Å². The summed E-state index contributed by atoms with van der Waals surface area (Å²) in [7, 11) is 0. The number of aromatic nitrogens is 10. The van der Waals surface area contributed by atoms with E-state index in [4.69, 9.17) is 55.9 Å². The molecule has 0 saturated carbocycles. The van der Waals surface area contributed by atoms with Gasteiger partial charge in [0.2, 0.25) is 23.7 Å². The van der Waals surface area contributed by atoms with Crippen molar-refractivity contribution in [3.63, 3.8) is 0 Å². The molecule has 0 amide bonds. The molecule has 0 atom stereocenters. The molecule has 0 aliphatic carbocycles. The Labute approximate surface area is 340 Å². The van der Waals surface area contributed by atoms with Gasteiger partial charge in [0, 0.05) is 48.7 Å². The van der Waals surface area contributed by atoms with Crippen molar-refractivity contribution in [1.29, 1.82) is 0 Å². The number of hydrogen-bond donors (Lipinski definition) is 2. The number of pyridine rings is 2. The number of hydrogen-bond acceptors (Lipinski definition) is 12. The highest BCUT2D eigenvalue weighted by Gasteiger charge is 2.16. The van der Waals surface area contributed by atoms with Crippen LogP contribution in [0.1, 0.15) is 11.1 Å². The third-order valence-corrected chi connectivity index (χ3v) is 9.40. The lowest BCUT2D eigenvalue weighted by Crippen LogP contribution is -2.08. The van der Waals surface area contributed by atoms with E-state index in [1.807, 2.05) is 72.8 Å². The number of anilines is 2. The largest absolute Gasteiger partial charge is 0.439 e. The fraction of sp³-hybridized carbons (Fsp3) is 0.0526. The first kappa shape index (κ1) is 38.0. The van der Waals surface area contributed by atoms with E-state index >= 15 is 0 Å². The first-order valence-corrected chi connectivity index (χ1v) is 18.2. The van der Waals surface area contributed by atoms with Gasteiger partial charge in [0.1, 0.15) is 11.5 Å². The van der Waals surface area contributed by atoms with Gasteiger partial charge in [0.25, 0.3) is 0 Å². The van der Waals surface area contributed by atoms with Crippen LogP contribution in [0.3, 0.4) is 0 Å². The van der Waals surface area contributed by atoms with E-state index in [-0.39, 0.29) is 0 Å². The van der Waals surface area contributed by atoms with Crippen molar-refractivity contribution in [2.45, 2.75) is 13.1 Å². The molecule has 0 spiro atoms. The first-order chi connectivity index (χ1) is 27.4. The number of rotatable bonds is 12. The van der Waals surface area contributed by atoms with Gasteiger partial charge >= 0.3 is 0 Å². The Hall–Kier alpha value is -6.32. The molecule has 18 heteroatoms. The van der Waals surface area contributed by atoms with Crippen LogP contribution in [0.4, 0.5) is 11.9 Å². The molecule has 0 unspecified atom stereocenters. The third-order valence-electron chi connectivity index (χ3n) is 7.78. The normalized spacial score (nSPS) is 10.6. The number of ether oxygens (including phenoxy) is 2. The highest BCUT2D eigenvalue weighted by atomic mass is 35.5. The van der Waals surface area contributed by atoms with Gasteiger partial charge in [-0.15, -0.1) is 0 Å². The maximum atomic E-state index is 6.29. The molecule has 0 radical (unpaired) electrons. The van der Waals surface area contributed by atoms with Crippen molar-refractivity contribution in [2.24, 2.45) is 0 Å². The molecule has 8 rings (SSSR count). The van der Waals surface area contributed by atoms with E-state index in [0.29, 0.717) is 79.7 Å². The number of tetrazole rings is 2. The van der Waals surface area contributed by atoms with Crippen molar-refractivity contribution in [2.75, 3.05) is 10.6 Å². The minimum atomic E-state index is 0.374. The minimum Gasteiger partial charge on any atom is -0.439 e.